The standard InChI is InChI=1S/C39H41FN6O/c40-31-17-29(18-32(20-31)47-15-14-46-12-3-4-13-46)33-8-5-9-36-34(33)21-38(43-36)39-35-19-28(10-11-37(35)44-45-39)30-16-27(24-42-25-30)23-41-22-26-6-1-2-7-26/h5,8-11,16-21,24-26,41,43H,1-4,6-7,12-15,22-23H2,(H,44,45). The van der Waals surface area contributed by atoms with Crippen molar-refractivity contribution < 1.29 is 9.13 Å². The van der Waals surface area contributed by atoms with Crippen molar-refractivity contribution in [3.8, 4) is 39.4 Å². The predicted octanol–water partition coefficient (Wildman–Crippen LogP) is 8.33. The number of aromatic nitrogens is 4. The molecular weight excluding hydrogens is 587 g/mol. The van der Waals surface area contributed by atoms with E-state index in [0.717, 1.165) is 94.1 Å². The van der Waals surface area contributed by atoms with Crippen molar-refractivity contribution in [2.45, 2.75) is 45.1 Å². The number of likely N-dealkylation sites (tertiary alicyclic amines) is 1. The number of fused-ring (bicyclic) bond motifs is 2. The Bertz CT molecular complexity index is 2000. The van der Waals surface area contributed by atoms with E-state index < -0.39 is 0 Å². The van der Waals surface area contributed by atoms with E-state index in [0.29, 0.717) is 12.4 Å². The number of ether oxygens (including phenoxy) is 1. The van der Waals surface area contributed by atoms with Gasteiger partial charge in [-0.15, -0.1) is 0 Å². The number of H-pyrrole nitrogens is 2. The van der Waals surface area contributed by atoms with Crippen LogP contribution in [-0.2, 0) is 6.54 Å². The van der Waals surface area contributed by atoms with Crippen LogP contribution >= 0.6 is 0 Å². The van der Waals surface area contributed by atoms with Crippen LogP contribution in [0.3, 0.4) is 0 Å². The minimum Gasteiger partial charge on any atom is -0.492 e. The van der Waals surface area contributed by atoms with E-state index in [2.05, 4.69) is 55.6 Å². The minimum atomic E-state index is -0.305. The molecule has 0 unspecified atom stereocenters. The number of benzene rings is 3. The minimum absolute atomic E-state index is 0.305. The fraction of sp³-hybridized carbons (Fsp3) is 0.333. The fourth-order valence-corrected chi connectivity index (χ4v) is 7.41. The first-order chi connectivity index (χ1) is 23.2. The Balaban J connectivity index is 1.05. The second-order valence-electron chi connectivity index (χ2n) is 13.2. The molecule has 3 N–H and O–H groups in total. The highest BCUT2D eigenvalue weighted by atomic mass is 19.1. The lowest BCUT2D eigenvalue weighted by molar-refractivity contribution is 0.237. The maximum absolute atomic E-state index is 14.9. The zero-order valence-corrected chi connectivity index (χ0v) is 26.7. The molecule has 3 aromatic heterocycles. The van der Waals surface area contributed by atoms with Crippen molar-refractivity contribution in [3.05, 3.63) is 90.5 Å². The summed E-state index contributed by atoms with van der Waals surface area (Å²) >= 11 is 0. The molecule has 1 aliphatic carbocycles. The monoisotopic (exact) mass is 628 g/mol. The number of hydrogen-bond acceptors (Lipinski definition) is 5. The average Bonchev–Trinajstić information content (AvgIpc) is 3.91. The zero-order valence-electron chi connectivity index (χ0n) is 26.7. The Hall–Kier alpha value is -4.53. The molecule has 6 aromatic rings. The average molecular weight is 629 g/mol. The summed E-state index contributed by atoms with van der Waals surface area (Å²) in [6.45, 7) is 5.54. The number of halogens is 1. The Kier molecular flexibility index (Phi) is 8.44. The summed E-state index contributed by atoms with van der Waals surface area (Å²) in [7, 11) is 0. The molecule has 0 spiro atoms. The van der Waals surface area contributed by atoms with Crippen molar-refractivity contribution in [2.24, 2.45) is 5.92 Å². The van der Waals surface area contributed by atoms with Crippen molar-refractivity contribution >= 4 is 21.8 Å². The molecule has 2 fully saturated rings. The summed E-state index contributed by atoms with van der Waals surface area (Å²) in [6.07, 6.45) is 11.8. The highest BCUT2D eigenvalue weighted by Gasteiger charge is 2.17. The van der Waals surface area contributed by atoms with E-state index in [1.807, 2.05) is 36.7 Å². The lowest BCUT2D eigenvalue weighted by Gasteiger charge is -2.15. The molecule has 2 aliphatic rings. The molecule has 0 atom stereocenters. The van der Waals surface area contributed by atoms with Crippen LogP contribution in [0.15, 0.2) is 79.1 Å². The van der Waals surface area contributed by atoms with Gasteiger partial charge in [0.25, 0.3) is 0 Å². The van der Waals surface area contributed by atoms with Gasteiger partial charge in [0.15, 0.2) is 0 Å². The van der Waals surface area contributed by atoms with Crippen molar-refractivity contribution in [3.63, 3.8) is 0 Å². The number of rotatable bonds is 11. The van der Waals surface area contributed by atoms with E-state index in [-0.39, 0.29) is 5.82 Å². The lowest BCUT2D eigenvalue weighted by atomic mass is 10.0. The molecule has 4 heterocycles. The number of nitrogens with one attached hydrogen (secondary N) is 3. The number of hydrogen-bond donors (Lipinski definition) is 3. The number of aromatic amines is 2. The Morgan fingerprint density at radius 3 is 2.64 bits per heavy atom. The lowest BCUT2D eigenvalue weighted by Crippen LogP contribution is -2.25. The summed E-state index contributed by atoms with van der Waals surface area (Å²) in [4.78, 5) is 10.5. The molecular formula is C39H41FN6O. The first kappa shape index (κ1) is 29.8. The first-order valence-corrected chi connectivity index (χ1v) is 17.1. The molecule has 1 aliphatic heterocycles. The third-order valence-electron chi connectivity index (χ3n) is 9.90. The first-order valence-electron chi connectivity index (χ1n) is 17.1. The van der Waals surface area contributed by atoms with Crippen molar-refractivity contribution in [1.29, 1.82) is 0 Å². The highest BCUT2D eigenvalue weighted by molar-refractivity contribution is 6.02. The third-order valence-corrected chi connectivity index (χ3v) is 9.90. The van der Waals surface area contributed by atoms with Crippen LogP contribution < -0.4 is 10.1 Å². The van der Waals surface area contributed by atoms with Gasteiger partial charge in [-0.1, -0.05) is 31.0 Å². The second-order valence-corrected chi connectivity index (χ2v) is 13.2. The zero-order chi connectivity index (χ0) is 31.6. The summed E-state index contributed by atoms with van der Waals surface area (Å²) in [6, 6.07) is 21.8. The Labute approximate surface area is 274 Å². The molecule has 1 saturated heterocycles. The Morgan fingerprint density at radius 1 is 0.851 bits per heavy atom. The van der Waals surface area contributed by atoms with Crippen molar-refractivity contribution in [1.82, 2.24) is 30.4 Å². The molecule has 0 radical (unpaired) electrons. The SMILES string of the molecule is Fc1cc(OCCN2CCCC2)cc(-c2cccc3[nH]c(-c4n[nH]c5ccc(-c6cncc(CNCC7CCCC7)c6)cc45)cc23)c1. The van der Waals surface area contributed by atoms with Crippen LogP contribution in [0.2, 0.25) is 0 Å². The molecule has 8 heteroatoms. The summed E-state index contributed by atoms with van der Waals surface area (Å²) in [5.74, 6) is 1.06. The van der Waals surface area contributed by atoms with Gasteiger partial charge in [0, 0.05) is 53.4 Å². The Morgan fingerprint density at radius 2 is 1.74 bits per heavy atom. The van der Waals surface area contributed by atoms with Gasteiger partial charge in [0.05, 0.1) is 11.2 Å². The number of nitrogens with zero attached hydrogens (tertiary/aromatic N) is 3. The van der Waals surface area contributed by atoms with Crippen LogP contribution in [0.25, 0.3) is 55.4 Å². The van der Waals surface area contributed by atoms with Gasteiger partial charge in [-0.3, -0.25) is 15.0 Å². The van der Waals surface area contributed by atoms with E-state index in [9.17, 15) is 4.39 Å². The fourth-order valence-electron chi connectivity index (χ4n) is 7.41. The molecule has 1 saturated carbocycles. The van der Waals surface area contributed by atoms with Crippen LogP contribution in [0, 0.1) is 11.7 Å². The third kappa shape index (κ3) is 6.53. The largest absolute Gasteiger partial charge is 0.492 e. The number of pyridine rings is 1. The molecule has 0 amide bonds. The maximum atomic E-state index is 14.9. The summed E-state index contributed by atoms with van der Waals surface area (Å²) in [5.41, 5.74) is 8.78. The van der Waals surface area contributed by atoms with Crippen LogP contribution in [0.4, 0.5) is 4.39 Å². The normalized spacial score (nSPS) is 15.8. The van der Waals surface area contributed by atoms with Crippen LogP contribution in [-0.4, -0.2) is 57.9 Å². The van der Waals surface area contributed by atoms with Gasteiger partial charge >= 0.3 is 0 Å². The quantitative estimate of drug-likeness (QED) is 0.134. The molecule has 0 bridgehead atoms. The maximum Gasteiger partial charge on any atom is 0.127 e. The van der Waals surface area contributed by atoms with Gasteiger partial charge in [-0.2, -0.15) is 5.10 Å². The summed E-state index contributed by atoms with van der Waals surface area (Å²) in [5, 5.41) is 13.6. The van der Waals surface area contributed by atoms with Gasteiger partial charge in [0.2, 0.25) is 0 Å². The van der Waals surface area contributed by atoms with E-state index >= 15 is 0 Å². The smallest absolute Gasteiger partial charge is 0.127 e. The van der Waals surface area contributed by atoms with Gasteiger partial charge in [0.1, 0.15) is 23.9 Å². The van der Waals surface area contributed by atoms with E-state index in [1.165, 1.54) is 50.2 Å². The molecule has 7 nitrogen and oxygen atoms in total. The van der Waals surface area contributed by atoms with Crippen LogP contribution in [0.5, 0.6) is 5.75 Å². The van der Waals surface area contributed by atoms with Gasteiger partial charge < -0.3 is 15.0 Å². The van der Waals surface area contributed by atoms with E-state index in [1.54, 1.807) is 6.07 Å². The van der Waals surface area contributed by atoms with Crippen molar-refractivity contribution in [2.75, 3.05) is 32.8 Å². The van der Waals surface area contributed by atoms with E-state index in [4.69, 9.17) is 9.84 Å². The van der Waals surface area contributed by atoms with Gasteiger partial charge in [-0.05, 0) is 116 Å². The second kappa shape index (κ2) is 13.3. The predicted molar refractivity (Wildman–Crippen MR) is 187 cm³/mol. The molecule has 47 heavy (non-hydrogen) atoms. The van der Waals surface area contributed by atoms with Crippen LogP contribution in [0.1, 0.15) is 44.1 Å². The summed E-state index contributed by atoms with van der Waals surface area (Å²) < 4.78 is 20.9. The molecule has 240 valence electrons. The topological polar surface area (TPSA) is 81.9 Å². The highest BCUT2D eigenvalue weighted by Crippen LogP contribution is 2.36. The molecule has 3 aromatic carbocycles. The van der Waals surface area contributed by atoms with Gasteiger partial charge in [-0.25, -0.2) is 4.39 Å². The molecule has 8 rings (SSSR count).